The van der Waals surface area contributed by atoms with E-state index in [1.165, 1.54) is 6.42 Å². The van der Waals surface area contributed by atoms with Gasteiger partial charge in [0.1, 0.15) is 0 Å². The lowest BCUT2D eigenvalue weighted by molar-refractivity contribution is 0.220. The van der Waals surface area contributed by atoms with Gasteiger partial charge in [0.25, 0.3) is 0 Å². The first-order chi connectivity index (χ1) is 5.26. The van der Waals surface area contributed by atoms with E-state index in [1.807, 2.05) is 14.1 Å². The molecule has 1 heterocycles. The molecule has 3 nitrogen and oxygen atoms in total. The smallest absolute Gasteiger partial charge is 0.0589 e. The summed E-state index contributed by atoms with van der Waals surface area (Å²) in [5, 5.41) is 11.4. The quantitative estimate of drug-likeness (QED) is 0.558. The number of hydrogen-bond donors (Lipinski definition) is 2. The fraction of sp³-hybridized carbons (Fsp3) is 1.00. The maximum Gasteiger partial charge on any atom is 0.0589 e. The summed E-state index contributed by atoms with van der Waals surface area (Å²) >= 11 is 0. The minimum absolute atomic E-state index is 0.309. The van der Waals surface area contributed by atoms with E-state index in [0.29, 0.717) is 12.6 Å². The van der Waals surface area contributed by atoms with Crippen molar-refractivity contribution in [3.63, 3.8) is 0 Å². The van der Waals surface area contributed by atoms with Crippen LogP contribution in [0.2, 0.25) is 0 Å². The molecule has 1 rings (SSSR count). The van der Waals surface area contributed by atoms with E-state index in [-0.39, 0.29) is 0 Å². The van der Waals surface area contributed by atoms with Crippen LogP contribution in [0.5, 0.6) is 0 Å². The van der Waals surface area contributed by atoms with Crippen molar-refractivity contribution in [1.29, 1.82) is 0 Å². The van der Waals surface area contributed by atoms with E-state index >= 15 is 0 Å². The Labute approximate surface area is 71.4 Å². The molecule has 0 spiro atoms. The predicted molar refractivity (Wildman–Crippen MR) is 51.5 cm³/mol. The third-order valence-corrected chi connectivity index (χ3v) is 2.31. The summed E-state index contributed by atoms with van der Waals surface area (Å²) < 4.78 is 2.12. The summed E-state index contributed by atoms with van der Waals surface area (Å²) in [5.74, 6) is 0. The average molecular weight is 178 g/mol. The van der Waals surface area contributed by atoms with Crippen molar-refractivity contribution in [1.82, 2.24) is 9.99 Å². The molecular weight excluding hydrogens is 159 g/mol. The maximum absolute atomic E-state index is 8.68. The van der Waals surface area contributed by atoms with E-state index in [9.17, 15) is 0 Å². The molecule has 0 saturated carbocycles. The number of aliphatic hydroxyl groups is 1. The average Bonchev–Trinajstić information content (AvgIpc) is 2.36. The lowest BCUT2D eigenvalue weighted by Crippen LogP contribution is -2.22. The van der Waals surface area contributed by atoms with Crippen molar-refractivity contribution < 1.29 is 5.11 Å². The van der Waals surface area contributed by atoms with Crippen LogP contribution >= 0.6 is 9.39 Å². The molecule has 0 aromatic heterocycles. The molecule has 4 heteroatoms. The van der Waals surface area contributed by atoms with Crippen LogP contribution in [-0.2, 0) is 0 Å². The maximum atomic E-state index is 8.68. The highest BCUT2D eigenvalue weighted by molar-refractivity contribution is 7.13. The van der Waals surface area contributed by atoms with Crippen LogP contribution in [0.25, 0.3) is 0 Å². The van der Waals surface area contributed by atoms with Gasteiger partial charge in [-0.2, -0.15) is 0 Å². The predicted octanol–water partition coefficient (Wildman–Crippen LogP) is 0.0688. The summed E-state index contributed by atoms with van der Waals surface area (Å²) in [4.78, 5) is 0. The monoisotopic (exact) mass is 178 g/mol. The van der Waals surface area contributed by atoms with Crippen molar-refractivity contribution >= 4 is 9.39 Å². The van der Waals surface area contributed by atoms with Gasteiger partial charge in [0.05, 0.1) is 6.61 Å². The first-order valence-corrected chi connectivity index (χ1v) is 4.48. The molecule has 68 valence electrons. The normalized spacial score (nSPS) is 24.5. The second-order valence-electron chi connectivity index (χ2n) is 2.72. The molecule has 2 N–H and O–H groups in total. The van der Waals surface area contributed by atoms with E-state index in [4.69, 9.17) is 5.11 Å². The van der Waals surface area contributed by atoms with Gasteiger partial charge in [-0.05, 0) is 26.9 Å². The molecule has 1 aliphatic rings. The molecule has 11 heavy (non-hydrogen) atoms. The van der Waals surface area contributed by atoms with Gasteiger partial charge >= 0.3 is 0 Å². The van der Waals surface area contributed by atoms with Crippen molar-refractivity contribution in [2.45, 2.75) is 18.9 Å². The van der Waals surface area contributed by atoms with Crippen LogP contribution in [0.3, 0.4) is 0 Å². The SMILES string of the molecule is CNC.OCC1CCCN1P. The third-order valence-electron chi connectivity index (χ3n) is 1.63. The summed E-state index contributed by atoms with van der Waals surface area (Å²) in [6, 6.07) is 0.417. The first kappa shape index (κ1) is 11.3. The lowest BCUT2D eigenvalue weighted by Gasteiger charge is -2.14. The Morgan fingerprint density at radius 1 is 1.64 bits per heavy atom. The standard InChI is InChI=1S/C5H12NOP.C2H7N/c7-4-5-2-1-3-6(5)8;1-3-2/h5,7H,1-4,8H2;3H,1-2H3. The Bertz CT molecular complexity index is 92.5. The Morgan fingerprint density at radius 2 is 2.18 bits per heavy atom. The van der Waals surface area contributed by atoms with E-state index in [2.05, 4.69) is 19.4 Å². The van der Waals surface area contributed by atoms with Crippen LogP contribution in [0.1, 0.15) is 12.8 Å². The molecule has 2 atom stereocenters. The van der Waals surface area contributed by atoms with E-state index in [0.717, 1.165) is 13.0 Å². The molecule has 1 fully saturated rings. The zero-order valence-electron chi connectivity index (χ0n) is 7.38. The van der Waals surface area contributed by atoms with Gasteiger partial charge in [0.2, 0.25) is 0 Å². The van der Waals surface area contributed by atoms with Gasteiger partial charge in [-0.1, -0.05) is 9.39 Å². The van der Waals surface area contributed by atoms with Gasteiger partial charge in [-0.15, -0.1) is 0 Å². The highest BCUT2D eigenvalue weighted by atomic mass is 31.0. The second-order valence-corrected chi connectivity index (χ2v) is 3.38. The van der Waals surface area contributed by atoms with Crippen LogP contribution in [0.15, 0.2) is 0 Å². The van der Waals surface area contributed by atoms with Gasteiger partial charge in [-0.25, -0.2) is 0 Å². The van der Waals surface area contributed by atoms with Gasteiger partial charge in [0.15, 0.2) is 0 Å². The number of nitrogens with zero attached hydrogens (tertiary/aromatic N) is 1. The Kier molecular flexibility index (Phi) is 7.18. The molecule has 1 aliphatic heterocycles. The Morgan fingerprint density at radius 3 is 2.36 bits per heavy atom. The fourth-order valence-electron chi connectivity index (χ4n) is 1.05. The molecule has 2 unspecified atom stereocenters. The molecule has 0 bridgehead atoms. The number of rotatable bonds is 1. The molecule has 0 aliphatic carbocycles. The summed E-state index contributed by atoms with van der Waals surface area (Å²) in [5.41, 5.74) is 0. The summed E-state index contributed by atoms with van der Waals surface area (Å²) in [6.45, 7) is 1.43. The number of hydrogen-bond acceptors (Lipinski definition) is 3. The topological polar surface area (TPSA) is 35.5 Å². The van der Waals surface area contributed by atoms with Crippen LogP contribution in [0.4, 0.5) is 0 Å². The first-order valence-electron chi connectivity index (χ1n) is 3.97. The van der Waals surface area contributed by atoms with Crippen LogP contribution in [-0.4, -0.2) is 43.1 Å². The molecule has 0 amide bonds. The minimum Gasteiger partial charge on any atom is -0.395 e. The fourth-order valence-corrected chi connectivity index (χ4v) is 1.48. The molecule has 1 saturated heterocycles. The Balaban J connectivity index is 0.000000292. The minimum atomic E-state index is 0.309. The van der Waals surface area contributed by atoms with Crippen LogP contribution < -0.4 is 5.32 Å². The van der Waals surface area contributed by atoms with Crippen molar-refractivity contribution in [3.05, 3.63) is 0 Å². The highest BCUT2D eigenvalue weighted by Gasteiger charge is 2.18. The third kappa shape index (κ3) is 4.70. The van der Waals surface area contributed by atoms with Crippen molar-refractivity contribution in [2.75, 3.05) is 27.2 Å². The van der Waals surface area contributed by atoms with Gasteiger partial charge < -0.3 is 10.4 Å². The van der Waals surface area contributed by atoms with Gasteiger partial charge in [-0.3, -0.25) is 4.67 Å². The molecule has 0 aromatic rings. The van der Waals surface area contributed by atoms with Crippen molar-refractivity contribution in [3.8, 4) is 0 Å². The Hall–Kier alpha value is 0.310. The lowest BCUT2D eigenvalue weighted by atomic mass is 10.2. The van der Waals surface area contributed by atoms with E-state index in [1.54, 1.807) is 0 Å². The molecular formula is C7H19N2OP. The highest BCUT2D eigenvalue weighted by Crippen LogP contribution is 2.19. The van der Waals surface area contributed by atoms with E-state index < -0.39 is 0 Å². The summed E-state index contributed by atoms with van der Waals surface area (Å²) in [7, 11) is 6.38. The zero-order valence-corrected chi connectivity index (χ0v) is 8.53. The molecule has 0 radical (unpaired) electrons. The zero-order chi connectivity index (χ0) is 8.69. The molecule has 0 aromatic carbocycles. The number of nitrogens with one attached hydrogen (secondary N) is 1. The summed E-state index contributed by atoms with van der Waals surface area (Å²) in [6.07, 6.45) is 2.38. The van der Waals surface area contributed by atoms with Gasteiger partial charge in [0, 0.05) is 12.6 Å². The van der Waals surface area contributed by atoms with Crippen LogP contribution in [0, 0.1) is 0 Å². The van der Waals surface area contributed by atoms with Crippen molar-refractivity contribution in [2.24, 2.45) is 0 Å². The largest absolute Gasteiger partial charge is 0.395 e. The second kappa shape index (κ2) is 6.99. The number of aliphatic hydroxyl groups excluding tert-OH is 1.